The second-order valence-corrected chi connectivity index (χ2v) is 7.97. The van der Waals surface area contributed by atoms with Crippen molar-refractivity contribution < 1.29 is 4.79 Å². The molecule has 1 aliphatic heterocycles. The zero-order valence-electron chi connectivity index (χ0n) is 14.6. The lowest BCUT2D eigenvalue weighted by molar-refractivity contribution is -0.121. The van der Waals surface area contributed by atoms with Crippen LogP contribution in [0.3, 0.4) is 0 Å². The number of fused-ring (bicyclic) bond motifs is 2. The van der Waals surface area contributed by atoms with Gasteiger partial charge in [-0.05, 0) is 31.4 Å². The van der Waals surface area contributed by atoms with Gasteiger partial charge in [0, 0.05) is 23.3 Å². The van der Waals surface area contributed by atoms with Gasteiger partial charge in [-0.15, -0.1) is 0 Å². The standard InChI is InChI=1S/C20H18ClN3O2S/c21-16-8-2-1-5-13(16)6-4-10-22-18(25)11-14-12-27-20-23-17-9-3-7-15(17)19(26)24(14)20/h1-2,5,8,14H,3,7,9-12H2,(H,22,25). The van der Waals surface area contributed by atoms with E-state index < -0.39 is 0 Å². The number of nitrogens with zero attached hydrogens (tertiary/aromatic N) is 2. The summed E-state index contributed by atoms with van der Waals surface area (Å²) in [5, 5.41) is 4.14. The predicted molar refractivity (Wildman–Crippen MR) is 106 cm³/mol. The zero-order chi connectivity index (χ0) is 18.8. The highest BCUT2D eigenvalue weighted by atomic mass is 35.5. The van der Waals surface area contributed by atoms with Gasteiger partial charge in [0.15, 0.2) is 5.16 Å². The second-order valence-electron chi connectivity index (χ2n) is 6.58. The van der Waals surface area contributed by atoms with Crippen molar-refractivity contribution in [2.24, 2.45) is 0 Å². The average molecular weight is 400 g/mol. The normalized spacial score (nSPS) is 17.0. The van der Waals surface area contributed by atoms with E-state index in [0.717, 1.165) is 41.2 Å². The fourth-order valence-corrected chi connectivity index (χ4v) is 4.77. The van der Waals surface area contributed by atoms with E-state index in [1.807, 2.05) is 18.2 Å². The molecule has 0 radical (unpaired) electrons. The number of aromatic nitrogens is 2. The fraction of sp³-hybridized carbons (Fsp3) is 0.350. The third-order valence-electron chi connectivity index (χ3n) is 4.76. The summed E-state index contributed by atoms with van der Waals surface area (Å²) in [4.78, 5) is 29.6. The lowest BCUT2D eigenvalue weighted by Crippen LogP contribution is -2.32. The molecule has 138 valence electrons. The van der Waals surface area contributed by atoms with E-state index in [9.17, 15) is 9.59 Å². The van der Waals surface area contributed by atoms with Crippen LogP contribution in [0.1, 0.15) is 35.7 Å². The molecule has 0 spiro atoms. The fourth-order valence-electron chi connectivity index (χ4n) is 3.43. The van der Waals surface area contributed by atoms with Crippen molar-refractivity contribution in [2.45, 2.75) is 36.9 Å². The topological polar surface area (TPSA) is 64.0 Å². The molecule has 27 heavy (non-hydrogen) atoms. The van der Waals surface area contributed by atoms with Crippen LogP contribution in [-0.2, 0) is 17.6 Å². The number of nitrogens with one attached hydrogen (secondary N) is 1. The molecule has 2 heterocycles. The molecular weight excluding hydrogens is 382 g/mol. The van der Waals surface area contributed by atoms with E-state index in [1.54, 1.807) is 22.4 Å². The molecule has 1 N–H and O–H groups in total. The molecule has 0 saturated carbocycles. The number of benzene rings is 1. The van der Waals surface area contributed by atoms with Crippen molar-refractivity contribution in [2.75, 3.05) is 12.3 Å². The molecule has 1 amide bonds. The molecule has 1 aromatic heterocycles. The zero-order valence-corrected chi connectivity index (χ0v) is 16.2. The Morgan fingerprint density at radius 3 is 3.07 bits per heavy atom. The Bertz CT molecular complexity index is 1020. The lowest BCUT2D eigenvalue weighted by Gasteiger charge is -2.13. The lowest BCUT2D eigenvalue weighted by atomic mass is 10.2. The molecule has 7 heteroatoms. The van der Waals surface area contributed by atoms with Crippen LogP contribution in [0.25, 0.3) is 0 Å². The highest BCUT2D eigenvalue weighted by Crippen LogP contribution is 2.33. The Labute approximate surface area is 166 Å². The summed E-state index contributed by atoms with van der Waals surface area (Å²) in [5.41, 5.74) is 2.55. The first kappa shape index (κ1) is 18.1. The highest BCUT2D eigenvalue weighted by molar-refractivity contribution is 7.99. The minimum absolute atomic E-state index is 0.0359. The average Bonchev–Trinajstić information content (AvgIpc) is 3.28. The van der Waals surface area contributed by atoms with Crippen molar-refractivity contribution in [1.82, 2.24) is 14.9 Å². The molecule has 0 fully saturated rings. The van der Waals surface area contributed by atoms with Crippen molar-refractivity contribution in [3.63, 3.8) is 0 Å². The van der Waals surface area contributed by atoms with Crippen molar-refractivity contribution >= 4 is 29.3 Å². The van der Waals surface area contributed by atoms with Crippen LogP contribution in [0.15, 0.2) is 34.2 Å². The maximum atomic E-state index is 12.7. The van der Waals surface area contributed by atoms with E-state index in [0.29, 0.717) is 10.8 Å². The molecule has 5 nitrogen and oxygen atoms in total. The Morgan fingerprint density at radius 2 is 2.22 bits per heavy atom. The minimum Gasteiger partial charge on any atom is -0.345 e. The molecule has 2 aliphatic rings. The quantitative estimate of drug-likeness (QED) is 0.636. The first-order valence-electron chi connectivity index (χ1n) is 8.90. The van der Waals surface area contributed by atoms with E-state index in [-0.39, 0.29) is 30.5 Å². The van der Waals surface area contributed by atoms with Gasteiger partial charge in [0.2, 0.25) is 5.91 Å². The Kier molecular flexibility index (Phi) is 5.24. The van der Waals surface area contributed by atoms with E-state index in [4.69, 9.17) is 11.6 Å². The van der Waals surface area contributed by atoms with Gasteiger partial charge < -0.3 is 5.32 Å². The molecule has 1 aromatic carbocycles. The van der Waals surface area contributed by atoms with Gasteiger partial charge >= 0.3 is 0 Å². The number of carbonyl (C=O) groups is 1. The molecule has 1 aliphatic carbocycles. The first-order chi connectivity index (χ1) is 13.1. The van der Waals surface area contributed by atoms with Crippen molar-refractivity contribution in [3.05, 3.63) is 56.5 Å². The summed E-state index contributed by atoms with van der Waals surface area (Å²) in [6, 6.07) is 7.18. The maximum Gasteiger partial charge on any atom is 0.257 e. The van der Waals surface area contributed by atoms with Gasteiger partial charge in [-0.25, -0.2) is 4.98 Å². The number of rotatable bonds is 3. The maximum absolute atomic E-state index is 12.7. The molecule has 4 rings (SSSR count). The molecule has 0 saturated heterocycles. The second kappa shape index (κ2) is 7.79. The third kappa shape index (κ3) is 3.76. The van der Waals surface area contributed by atoms with Crippen molar-refractivity contribution in [1.29, 1.82) is 0 Å². The van der Waals surface area contributed by atoms with Gasteiger partial charge in [-0.3, -0.25) is 14.2 Å². The molecular formula is C20H18ClN3O2S. The molecule has 2 aromatic rings. The van der Waals surface area contributed by atoms with Crippen molar-refractivity contribution in [3.8, 4) is 11.8 Å². The van der Waals surface area contributed by atoms with Crippen LogP contribution in [0.2, 0.25) is 5.02 Å². The van der Waals surface area contributed by atoms with Gasteiger partial charge in [-0.2, -0.15) is 0 Å². The van der Waals surface area contributed by atoms with Crippen LogP contribution in [0.5, 0.6) is 0 Å². The summed E-state index contributed by atoms with van der Waals surface area (Å²) in [5.74, 6) is 6.44. The molecule has 0 bridgehead atoms. The van der Waals surface area contributed by atoms with Crippen LogP contribution < -0.4 is 10.9 Å². The number of amides is 1. The van der Waals surface area contributed by atoms with E-state index in [2.05, 4.69) is 22.1 Å². The summed E-state index contributed by atoms with van der Waals surface area (Å²) < 4.78 is 1.71. The number of carbonyl (C=O) groups excluding carboxylic acids is 1. The summed E-state index contributed by atoms with van der Waals surface area (Å²) in [6.07, 6.45) is 2.92. The van der Waals surface area contributed by atoms with Crippen LogP contribution in [0, 0.1) is 11.8 Å². The SMILES string of the molecule is O=C(CC1CSc2nc3c(c(=O)n21)CCC3)NCC#Cc1ccccc1Cl. The monoisotopic (exact) mass is 399 g/mol. The number of halogens is 1. The third-order valence-corrected chi connectivity index (χ3v) is 6.19. The summed E-state index contributed by atoms with van der Waals surface area (Å²) in [6.45, 7) is 0.244. The Morgan fingerprint density at radius 1 is 1.37 bits per heavy atom. The van der Waals surface area contributed by atoms with E-state index in [1.165, 1.54) is 0 Å². The largest absolute Gasteiger partial charge is 0.345 e. The number of hydrogen-bond donors (Lipinski definition) is 1. The van der Waals surface area contributed by atoms with E-state index >= 15 is 0 Å². The number of aryl methyl sites for hydroxylation is 1. The summed E-state index contributed by atoms with van der Waals surface area (Å²) >= 11 is 7.61. The smallest absolute Gasteiger partial charge is 0.257 e. The first-order valence-corrected chi connectivity index (χ1v) is 10.3. The van der Waals surface area contributed by atoms with Gasteiger partial charge in [-0.1, -0.05) is 47.3 Å². The van der Waals surface area contributed by atoms with Crippen LogP contribution >= 0.6 is 23.4 Å². The predicted octanol–water partition coefficient (Wildman–Crippen LogP) is 2.59. The Hall–Kier alpha value is -2.23. The van der Waals surface area contributed by atoms with Gasteiger partial charge in [0.05, 0.1) is 23.3 Å². The van der Waals surface area contributed by atoms with Crippen LogP contribution in [-0.4, -0.2) is 27.8 Å². The number of hydrogen-bond acceptors (Lipinski definition) is 4. The van der Waals surface area contributed by atoms with Gasteiger partial charge in [0.1, 0.15) is 0 Å². The summed E-state index contributed by atoms with van der Waals surface area (Å²) in [7, 11) is 0. The minimum atomic E-state index is -0.146. The highest BCUT2D eigenvalue weighted by Gasteiger charge is 2.30. The van der Waals surface area contributed by atoms with Crippen LogP contribution in [0.4, 0.5) is 0 Å². The Balaban J connectivity index is 1.39. The molecule has 1 atom stereocenters. The molecule has 1 unspecified atom stereocenters. The number of thioether (sulfide) groups is 1. The van der Waals surface area contributed by atoms with Gasteiger partial charge in [0.25, 0.3) is 5.56 Å².